The third-order valence-electron chi connectivity index (χ3n) is 4.09. The van der Waals surface area contributed by atoms with Gasteiger partial charge in [0.05, 0.1) is 19.3 Å². The molecule has 0 unspecified atom stereocenters. The van der Waals surface area contributed by atoms with Crippen molar-refractivity contribution in [2.45, 2.75) is 39.8 Å². The number of benzene rings is 2. The van der Waals surface area contributed by atoms with Gasteiger partial charge in [-0.05, 0) is 63.1 Å². The number of amides is 3. The lowest BCUT2D eigenvalue weighted by Gasteiger charge is -2.19. The topological polar surface area (TPSA) is 106 Å². The van der Waals surface area contributed by atoms with Gasteiger partial charge in [0.25, 0.3) is 5.91 Å². The highest BCUT2D eigenvalue weighted by molar-refractivity contribution is 5.99. The van der Waals surface area contributed by atoms with Gasteiger partial charge in [-0.2, -0.15) is 0 Å². The summed E-state index contributed by atoms with van der Waals surface area (Å²) in [6.45, 7) is 7.37. The lowest BCUT2D eigenvalue weighted by atomic mass is 10.1. The van der Waals surface area contributed by atoms with Crippen LogP contribution in [-0.2, 0) is 16.1 Å². The van der Waals surface area contributed by atoms with Crippen molar-refractivity contribution < 1.29 is 23.9 Å². The van der Waals surface area contributed by atoms with Crippen LogP contribution in [0.2, 0.25) is 0 Å². The van der Waals surface area contributed by atoms with Crippen molar-refractivity contribution in [3.05, 3.63) is 59.2 Å². The number of nitrogens with one attached hydrogen (secondary N) is 3. The van der Waals surface area contributed by atoms with E-state index in [0.717, 1.165) is 11.1 Å². The zero-order valence-corrected chi connectivity index (χ0v) is 18.5. The first-order chi connectivity index (χ1) is 14.6. The number of rotatable bonds is 7. The number of hydrogen-bond donors (Lipinski definition) is 3. The van der Waals surface area contributed by atoms with E-state index >= 15 is 0 Å². The fourth-order valence-corrected chi connectivity index (χ4v) is 2.64. The second kappa shape index (κ2) is 10.5. The van der Waals surface area contributed by atoms with E-state index in [1.807, 2.05) is 13.0 Å². The zero-order chi connectivity index (χ0) is 23.0. The van der Waals surface area contributed by atoms with E-state index in [1.165, 1.54) is 7.11 Å². The molecule has 0 aliphatic heterocycles. The first kappa shape index (κ1) is 23.7. The standard InChI is InChI=1S/C23H29N3O5/c1-15-6-11-19(30-5)18(12-15)26-20(27)14-24-21(28)17-9-7-16(8-10-17)13-25-22(29)31-23(2,3)4/h6-12H,13-14H2,1-5H3,(H,24,28)(H,25,29)(H,26,27). The van der Waals surface area contributed by atoms with Crippen LogP contribution in [0.4, 0.5) is 10.5 Å². The van der Waals surface area contributed by atoms with E-state index in [4.69, 9.17) is 9.47 Å². The van der Waals surface area contributed by atoms with Gasteiger partial charge in [0, 0.05) is 12.1 Å². The molecule has 3 amide bonds. The smallest absolute Gasteiger partial charge is 0.407 e. The predicted octanol–water partition coefficient (Wildman–Crippen LogP) is 3.40. The summed E-state index contributed by atoms with van der Waals surface area (Å²) in [4.78, 5) is 36.2. The van der Waals surface area contributed by atoms with Crippen LogP contribution in [0.1, 0.15) is 42.3 Å². The van der Waals surface area contributed by atoms with Gasteiger partial charge in [-0.3, -0.25) is 9.59 Å². The van der Waals surface area contributed by atoms with Crippen molar-refractivity contribution in [3.63, 3.8) is 0 Å². The van der Waals surface area contributed by atoms with E-state index in [9.17, 15) is 14.4 Å². The van der Waals surface area contributed by atoms with Crippen LogP contribution < -0.4 is 20.7 Å². The molecule has 2 rings (SSSR count). The number of alkyl carbamates (subject to hydrolysis) is 1. The highest BCUT2D eigenvalue weighted by Gasteiger charge is 2.16. The van der Waals surface area contributed by atoms with Crippen LogP contribution in [0.3, 0.4) is 0 Å². The number of carbonyl (C=O) groups is 3. The fraction of sp³-hybridized carbons (Fsp3) is 0.348. The second-order valence-electron chi connectivity index (χ2n) is 7.99. The summed E-state index contributed by atoms with van der Waals surface area (Å²) in [5.41, 5.74) is 2.17. The van der Waals surface area contributed by atoms with E-state index in [0.29, 0.717) is 17.0 Å². The van der Waals surface area contributed by atoms with Crippen LogP contribution >= 0.6 is 0 Å². The van der Waals surface area contributed by atoms with Crippen LogP contribution in [0.5, 0.6) is 5.75 Å². The molecule has 8 nitrogen and oxygen atoms in total. The van der Waals surface area contributed by atoms with Gasteiger partial charge in [-0.15, -0.1) is 0 Å². The number of aryl methyl sites for hydroxylation is 1. The van der Waals surface area contributed by atoms with Gasteiger partial charge in [0.2, 0.25) is 5.91 Å². The highest BCUT2D eigenvalue weighted by atomic mass is 16.6. The maximum atomic E-state index is 12.3. The number of methoxy groups -OCH3 is 1. The lowest BCUT2D eigenvalue weighted by molar-refractivity contribution is -0.115. The summed E-state index contributed by atoms with van der Waals surface area (Å²) in [5, 5.41) is 7.97. The highest BCUT2D eigenvalue weighted by Crippen LogP contribution is 2.24. The minimum absolute atomic E-state index is 0.183. The molecule has 3 N–H and O–H groups in total. The summed E-state index contributed by atoms with van der Waals surface area (Å²) >= 11 is 0. The predicted molar refractivity (Wildman–Crippen MR) is 118 cm³/mol. The average molecular weight is 428 g/mol. The Morgan fingerprint density at radius 3 is 2.26 bits per heavy atom. The first-order valence-corrected chi connectivity index (χ1v) is 9.86. The van der Waals surface area contributed by atoms with Crippen LogP contribution in [0.25, 0.3) is 0 Å². The van der Waals surface area contributed by atoms with Crippen molar-refractivity contribution in [2.24, 2.45) is 0 Å². The van der Waals surface area contributed by atoms with Gasteiger partial charge in [-0.25, -0.2) is 4.79 Å². The molecular weight excluding hydrogens is 398 g/mol. The molecule has 0 radical (unpaired) electrons. The summed E-state index contributed by atoms with van der Waals surface area (Å²) < 4.78 is 10.4. The van der Waals surface area contributed by atoms with Crippen LogP contribution in [0, 0.1) is 6.92 Å². The molecule has 0 saturated heterocycles. The van der Waals surface area contributed by atoms with Crippen molar-refractivity contribution in [1.82, 2.24) is 10.6 Å². The Kier molecular flexibility index (Phi) is 8.01. The lowest BCUT2D eigenvalue weighted by Crippen LogP contribution is -2.33. The fourth-order valence-electron chi connectivity index (χ4n) is 2.64. The molecule has 0 aromatic heterocycles. The van der Waals surface area contributed by atoms with E-state index < -0.39 is 11.7 Å². The Labute approximate surface area is 182 Å². The SMILES string of the molecule is COc1ccc(C)cc1NC(=O)CNC(=O)c1ccc(CNC(=O)OC(C)(C)C)cc1. The summed E-state index contributed by atoms with van der Waals surface area (Å²) in [6, 6.07) is 12.1. The van der Waals surface area contributed by atoms with Crippen LogP contribution in [0.15, 0.2) is 42.5 Å². The van der Waals surface area contributed by atoms with Gasteiger partial charge in [0.15, 0.2) is 0 Å². The number of anilines is 1. The Morgan fingerprint density at radius 2 is 1.65 bits per heavy atom. The van der Waals surface area contributed by atoms with Crippen LogP contribution in [-0.4, -0.2) is 37.2 Å². The molecule has 2 aromatic rings. The number of ether oxygens (including phenoxy) is 2. The summed E-state index contributed by atoms with van der Waals surface area (Å²) in [7, 11) is 1.52. The number of carbonyl (C=O) groups excluding carboxylic acids is 3. The molecule has 31 heavy (non-hydrogen) atoms. The monoisotopic (exact) mass is 427 g/mol. The second-order valence-corrected chi connectivity index (χ2v) is 7.99. The molecule has 0 bridgehead atoms. The molecule has 0 atom stereocenters. The number of hydrogen-bond acceptors (Lipinski definition) is 5. The minimum Gasteiger partial charge on any atom is -0.495 e. The Morgan fingerprint density at radius 1 is 0.968 bits per heavy atom. The first-order valence-electron chi connectivity index (χ1n) is 9.86. The third-order valence-corrected chi connectivity index (χ3v) is 4.09. The van der Waals surface area contributed by atoms with Crippen molar-refractivity contribution >= 4 is 23.6 Å². The summed E-state index contributed by atoms with van der Waals surface area (Å²) in [6.07, 6.45) is -0.509. The molecule has 0 aliphatic carbocycles. The van der Waals surface area contributed by atoms with Gasteiger partial charge < -0.3 is 25.4 Å². The maximum absolute atomic E-state index is 12.3. The van der Waals surface area contributed by atoms with Crippen molar-refractivity contribution in [1.29, 1.82) is 0 Å². The van der Waals surface area contributed by atoms with Crippen molar-refractivity contribution in [3.8, 4) is 5.75 Å². The zero-order valence-electron chi connectivity index (χ0n) is 18.5. The van der Waals surface area contributed by atoms with Crippen molar-refractivity contribution in [2.75, 3.05) is 19.0 Å². The summed E-state index contributed by atoms with van der Waals surface area (Å²) in [5.74, 6) is -0.200. The normalized spacial score (nSPS) is 10.7. The van der Waals surface area contributed by atoms with Gasteiger partial charge >= 0.3 is 6.09 Å². The largest absolute Gasteiger partial charge is 0.495 e. The van der Waals surface area contributed by atoms with Gasteiger partial charge in [-0.1, -0.05) is 18.2 Å². The Hall–Kier alpha value is -3.55. The minimum atomic E-state index is -0.567. The van der Waals surface area contributed by atoms with E-state index in [1.54, 1.807) is 57.2 Å². The molecule has 166 valence electrons. The molecule has 0 fully saturated rings. The molecule has 2 aromatic carbocycles. The molecule has 0 spiro atoms. The molecule has 0 saturated carbocycles. The Balaban J connectivity index is 1.84. The van der Waals surface area contributed by atoms with Gasteiger partial charge in [0.1, 0.15) is 11.4 Å². The van der Waals surface area contributed by atoms with E-state index in [2.05, 4.69) is 16.0 Å². The molecule has 0 aliphatic rings. The molecule has 8 heteroatoms. The molecular formula is C23H29N3O5. The quantitative estimate of drug-likeness (QED) is 0.628. The Bertz CT molecular complexity index is 933. The van der Waals surface area contributed by atoms with E-state index in [-0.39, 0.29) is 24.9 Å². The average Bonchev–Trinajstić information content (AvgIpc) is 2.70. The molecule has 0 heterocycles. The third kappa shape index (κ3) is 8.00. The maximum Gasteiger partial charge on any atom is 0.407 e.